The van der Waals surface area contributed by atoms with Crippen molar-refractivity contribution in [1.82, 2.24) is 10.4 Å². The molecule has 1 aromatic rings. The summed E-state index contributed by atoms with van der Waals surface area (Å²) in [5, 5.41) is 4.20. The largest absolute Gasteiger partial charge is 0.399 e. The van der Waals surface area contributed by atoms with Crippen LogP contribution in [0.3, 0.4) is 0 Å². The summed E-state index contributed by atoms with van der Waals surface area (Å²) in [5.41, 5.74) is 6.04. The highest BCUT2D eigenvalue weighted by atomic mass is 32.2. The van der Waals surface area contributed by atoms with Crippen molar-refractivity contribution in [3.8, 4) is 0 Å². The Morgan fingerprint density at radius 3 is 2.52 bits per heavy atom. The van der Waals surface area contributed by atoms with Gasteiger partial charge in [-0.1, -0.05) is 0 Å². The van der Waals surface area contributed by atoms with Crippen LogP contribution in [0.5, 0.6) is 0 Å². The van der Waals surface area contributed by atoms with Gasteiger partial charge in [-0.25, -0.2) is 8.42 Å². The van der Waals surface area contributed by atoms with Gasteiger partial charge in [-0.05, 0) is 31.2 Å². The zero-order valence-corrected chi connectivity index (χ0v) is 12.8. The summed E-state index contributed by atoms with van der Waals surface area (Å²) in [6.07, 6.45) is 0. The van der Waals surface area contributed by atoms with Crippen molar-refractivity contribution >= 4 is 21.3 Å². The Morgan fingerprint density at radius 2 is 2.00 bits per heavy atom. The summed E-state index contributed by atoms with van der Waals surface area (Å²) in [5.74, 6) is -0.492. The zero-order valence-electron chi connectivity index (χ0n) is 12.0. The lowest BCUT2D eigenvalue weighted by molar-refractivity contribution is -0.187. The van der Waals surface area contributed by atoms with Crippen LogP contribution in [-0.4, -0.2) is 50.9 Å². The fourth-order valence-corrected chi connectivity index (χ4v) is 4.49. The van der Waals surface area contributed by atoms with E-state index >= 15 is 0 Å². The van der Waals surface area contributed by atoms with E-state index in [1.165, 1.54) is 43.4 Å². The van der Waals surface area contributed by atoms with E-state index in [1.807, 2.05) is 0 Å². The predicted molar refractivity (Wildman–Crippen MR) is 78.0 cm³/mol. The van der Waals surface area contributed by atoms with Crippen molar-refractivity contribution in [3.63, 3.8) is 0 Å². The number of rotatable bonds is 4. The highest BCUT2D eigenvalue weighted by molar-refractivity contribution is 7.93. The summed E-state index contributed by atoms with van der Waals surface area (Å²) in [6, 6.07) is 5.79. The molecule has 21 heavy (non-hydrogen) atoms. The number of nitrogen functional groups attached to an aromatic ring is 1. The van der Waals surface area contributed by atoms with Crippen molar-refractivity contribution in [1.29, 1.82) is 0 Å². The average molecular weight is 313 g/mol. The van der Waals surface area contributed by atoms with Crippen LogP contribution in [0, 0.1) is 0 Å². The molecule has 7 nitrogen and oxygen atoms in total. The van der Waals surface area contributed by atoms with Crippen LogP contribution in [-0.2, 0) is 19.5 Å². The molecule has 116 valence electrons. The maximum absolute atomic E-state index is 13.0. The number of nitrogens with one attached hydrogen (secondary N) is 1. The molecule has 8 heteroatoms. The Bertz CT molecular complexity index is 629. The van der Waals surface area contributed by atoms with Crippen LogP contribution in [0.1, 0.15) is 6.92 Å². The Hall–Kier alpha value is -1.48. The number of hydroxylamine groups is 2. The Morgan fingerprint density at radius 1 is 1.38 bits per heavy atom. The van der Waals surface area contributed by atoms with Crippen molar-refractivity contribution in [2.45, 2.75) is 16.7 Å². The molecule has 3 N–H and O–H groups in total. The van der Waals surface area contributed by atoms with Crippen molar-refractivity contribution < 1.29 is 18.0 Å². The number of piperazine rings is 1. The minimum Gasteiger partial charge on any atom is -0.399 e. The Kier molecular flexibility index (Phi) is 4.33. The minimum atomic E-state index is -3.97. The molecule has 1 aromatic carbocycles. The lowest BCUT2D eigenvalue weighted by atomic mass is 10.1. The lowest BCUT2D eigenvalue weighted by Gasteiger charge is -2.42. The predicted octanol–water partition coefficient (Wildman–Crippen LogP) is -0.206. The maximum atomic E-state index is 13.0. The van der Waals surface area contributed by atoms with Crippen LogP contribution in [0.2, 0.25) is 0 Å². The topological polar surface area (TPSA) is 102 Å². The molecule has 0 radical (unpaired) electrons. The van der Waals surface area contributed by atoms with E-state index in [0.717, 1.165) is 0 Å². The standard InChI is InChI=1S/C13H19N3O4S/c1-10(17)13(9-15-7-8-16(13)20-2)21(18,19)12-5-3-11(14)4-6-12/h3-6,15H,7-9,14H2,1-2H3. The number of nitrogens with zero attached hydrogens (tertiary/aromatic N) is 1. The van der Waals surface area contributed by atoms with Crippen molar-refractivity contribution in [2.75, 3.05) is 32.5 Å². The zero-order chi connectivity index (χ0) is 15.7. The number of sulfone groups is 1. The van der Waals surface area contributed by atoms with Gasteiger partial charge in [0.05, 0.1) is 12.0 Å². The first-order valence-corrected chi connectivity index (χ1v) is 7.98. The fourth-order valence-electron chi connectivity index (χ4n) is 2.51. The van der Waals surface area contributed by atoms with Crippen LogP contribution < -0.4 is 11.1 Å². The third-order valence-corrected chi connectivity index (χ3v) is 6.08. The number of benzene rings is 1. The molecule has 0 aliphatic carbocycles. The first-order valence-electron chi connectivity index (χ1n) is 6.50. The van der Waals surface area contributed by atoms with Crippen LogP contribution in [0.15, 0.2) is 29.2 Å². The maximum Gasteiger partial charge on any atom is 0.221 e. The van der Waals surface area contributed by atoms with E-state index in [2.05, 4.69) is 5.32 Å². The second kappa shape index (κ2) is 5.72. The fraction of sp³-hybridized carbons (Fsp3) is 0.462. The average Bonchev–Trinajstić information content (AvgIpc) is 2.47. The first kappa shape index (κ1) is 15.9. The van der Waals surface area contributed by atoms with Crippen molar-refractivity contribution in [3.05, 3.63) is 24.3 Å². The number of Topliss-reactive ketones (excluding diaryl/α,β-unsaturated/α-hetero) is 1. The molecule has 0 aromatic heterocycles. The number of carbonyl (C=O) groups excluding carboxylic acids is 1. The summed E-state index contributed by atoms with van der Waals surface area (Å²) >= 11 is 0. The lowest BCUT2D eigenvalue weighted by Crippen LogP contribution is -2.68. The van der Waals surface area contributed by atoms with Gasteiger partial charge < -0.3 is 15.9 Å². The van der Waals surface area contributed by atoms with E-state index in [0.29, 0.717) is 18.8 Å². The number of hydrogen-bond donors (Lipinski definition) is 2. The number of anilines is 1. The molecule has 1 fully saturated rings. The van der Waals surface area contributed by atoms with Gasteiger partial charge >= 0.3 is 0 Å². The Labute approximate surface area is 123 Å². The van der Waals surface area contributed by atoms with Crippen LogP contribution in [0.4, 0.5) is 5.69 Å². The summed E-state index contributed by atoms with van der Waals surface area (Å²) < 4.78 is 26.0. The molecule has 1 atom stereocenters. The summed E-state index contributed by atoms with van der Waals surface area (Å²) in [4.78, 5) is 15.7. The van der Waals surface area contributed by atoms with Crippen molar-refractivity contribution in [2.24, 2.45) is 0 Å². The SMILES string of the molecule is CON1CCNCC1(C(C)=O)S(=O)(=O)c1ccc(N)cc1. The molecule has 0 bridgehead atoms. The van der Waals surface area contributed by atoms with Gasteiger partial charge in [0.2, 0.25) is 14.7 Å². The van der Waals surface area contributed by atoms with Crippen LogP contribution >= 0.6 is 0 Å². The number of hydrogen-bond acceptors (Lipinski definition) is 7. The number of nitrogens with two attached hydrogens (primary N) is 1. The van der Waals surface area contributed by atoms with E-state index in [1.54, 1.807) is 0 Å². The Balaban J connectivity index is 2.60. The smallest absolute Gasteiger partial charge is 0.221 e. The molecule has 1 aliphatic rings. The molecule has 1 unspecified atom stereocenters. The van der Waals surface area contributed by atoms with E-state index in [4.69, 9.17) is 10.6 Å². The number of carbonyl (C=O) groups is 1. The highest BCUT2D eigenvalue weighted by Crippen LogP contribution is 2.32. The third-order valence-electron chi connectivity index (χ3n) is 3.66. The van der Waals surface area contributed by atoms with Crippen LogP contribution in [0.25, 0.3) is 0 Å². The van der Waals surface area contributed by atoms with Gasteiger partial charge in [-0.2, -0.15) is 5.06 Å². The molecule has 1 saturated heterocycles. The monoisotopic (exact) mass is 313 g/mol. The summed E-state index contributed by atoms with van der Waals surface area (Å²) in [7, 11) is -2.61. The second-order valence-electron chi connectivity index (χ2n) is 4.87. The van der Waals surface area contributed by atoms with Gasteiger partial charge in [0.15, 0.2) is 5.78 Å². The number of ketones is 1. The van der Waals surface area contributed by atoms with Gasteiger partial charge in [-0.3, -0.25) is 4.79 Å². The third kappa shape index (κ3) is 2.44. The van der Waals surface area contributed by atoms with E-state index in [-0.39, 0.29) is 11.4 Å². The molecule has 0 saturated carbocycles. The molecule has 1 heterocycles. The highest BCUT2D eigenvalue weighted by Gasteiger charge is 2.55. The molecule has 0 amide bonds. The molecular formula is C13H19N3O4S. The molecule has 0 spiro atoms. The quantitative estimate of drug-likeness (QED) is 0.742. The first-order chi connectivity index (χ1) is 9.86. The van der Waals surface area contributed by atoms with Gasteiger partial charge in [0.1, 0.15) is 0 Å². The molecule has 1 aliphatic heterocycles. The molecule has 2 rings (SSSR count). The molecular weight excluding hydrogens is 294 g/mol. The minimum absolute atomic E-state index is 0.0249. The van der Waals surface area contributed by atoms with E-state index < -0.39 is 20.5 Å². The second-order valence-corrected chi connectivity index (χ2v) is 7.03. The van der Waals surface area contributed by atoms with E-state index in [9.17, 15) is 13.2 Å². The summed E-state index contributed by atoms with van der Waals surface area (Å²) in [6.45, 7) is 2.07. The normalized spacial score (nSPS) is 23.9. The van der Waals surface area contributed by atoms with Gasteiger partial charge in [0.25, 0.3) is 0 Å². The van der Waals surface area contributed by atoms with Gasteiger partial charge in [0, 0.05) is 25.3 Å². The van der Waals surface area contributed by atoms with Gasteiger partial charge in [-0.15, -0.1) is 0 Å².